The fourth-order valence-corrected chi connectivity index (χ4v) is 4.69. The summed E-state index contributed by atoms with van der Waals surface area (Å²) in [5.41, 5.74) is -0.184. The Morgan fingerprint density at radius 3 is 2.57 bits per heavy atom. The molecule has 0 unspecified atom stereocenters. The second-order valence-electron chi connectivity index (χ2n) is 7.77. The average Bonchev–Trinajstić information content (AvgIpc) is 3.56. The van der Waals surface area contributed by atoms with Crippen molar-refractivity contribution in [2.45, 2.75) is 19.4 Å². The highest BCUT2D eigenvalue weighted by Crippen LogP contribution is 2.37. The van der Waals surface area contributed by atoms with E-state index >= 15 is 0 Å². The Morgan fingerprint density at radius 2 is 1.94 bits per heavy atom. The van der Waals surface area contributed by atoms with Gasteiger partial charge < -0.3 is 24.5 Å². The Morgan fingerprint density at radius 1 is 1.20 bits per heavy atom. The van der Waals surface area contributed by atoms with E-state index in [9.17, 15) is 19.2 Å². The summed E-state index contributed by atoms with van der Waals surface area (Å²) in [6.45, 7) is 2.85. The maximum Gasteiger partial charge on any atom is 0.341 e. The number of imide groups is 1. The van der Waals surface area contributed by atoms with Crippen molar-refractivity contribution in [3.8, 4) is 17.1 Å². The summed E-state index contributed by atoms with van der Waals surface area (Å²) in [7, 11) is 1.53. The summed E-state index contributed by atoms with van der Waals surface area (Å²) in [4.78, 5) is 52.1. The van der Waals surface area contributed by atoms with E-state index in [0.717, 1.165) is 16.2 Å². The molecule has 1 saturated heterocycles. The van der Waals surface area contributed by atoms with Gasteiger partial charge in [0.1, 0.15) is 34.2 Å². The molecule has 1 atom stereocenters. The number of carbonyl (C=O) groups excluding carboxylic acids is 4. The molecule has 1 aliphatic heterocycles. The number of nitrogens with zero attached hydrogens (tertiary/aromatic N) is 1. The number of rotatable bonds is 8. The second kappa shape index (κ2) is 9.63. The lowest BCUT2D eigenvalue weighted by Crippen LogP contribution is -2.42. The number of esters is 1. The minimum atomic E-state index is -1.34. The molecule has 1 aliphatic rings. The lowest BCUT2D eigenvalue weighted by atomic mass is 9.92. The quantitative estimate of drug-likeness (QED) is 0.360. The third-order valence-corrected chi connectivity index (χ3v) is 6.45. The van der Waals surface area contributed by atoms with Crippen molar-refractivity contribution in [3.05, 3.63) is 59.2 Å². The summed E-state index contributed by atoms with van der Waals surface area (Å²) in [6, 6.07) is 9.37. The van der Waals surface area contributed by atoms with Crippen LogP contribution < -0.4 is 15.4 Å². The maximum absolute atomic E-state index is 13.1. The van der Waals surface area contributed by atoms with Crippen LogP contribution >= 0.6 is 11.3 Å². The molecule has 0 aliphatic carbocycles. The van der Waals surface area contributed by atoms with E-state index in [1.54, 1.807) is 55.6 Å². The summed E-state index contributed by atoms with van der Waals surface area (Å²) in [5.74, 6) is -0.805. The van der Waals surface area contributed by atoms with E-state index in [0.29, 0.717) is 22.6 Å². The Hall–Kier alpha value is -4.12. The van der Waals surface area contributed by atoms with Crippen LogP contribution in [0.3, 0.4) is 0 Å². The Balaban J connectivity index is 1.53. The van der Waals surface area contributed by atoms with Crippen LogP contribution in [0.4, 0.5) is 9.80 Å². The minimum absolute atomic E-state index is 0.139. The van der Waals surface area contributed by atoms with Gasteiger partial charge in [0.2, 0.25) is 5.91 Å². The zero-order valence-corrected chi connectivity index (χ0v) is 20.1. The number of hydrogen-bond acceptors (Lipinski definition) is 8. The number of methoxy groups -OCH3 is 1. The summed E-state index contributed by atoms with van der Waals surface area (Å²) in [6.07, 6.45) is 1.47. The van der Waals surface area contributed by atoms with Crippen LogP contribution in [0.2, 0.25) is 0 Å². The molecule has 1 aromatic carbocycles. The number of ether oxygens (including phenoxy) is 2. The molecule has 4 amide bonds. The molecule has 0 spiro atoms. The van der Waals surface area contributed by atoms with Gasteiger partial charge in [-0.3, -0.25) is 14.5 Å². The predicted molar refractivity (Wildman–Crippen MR) is 127 cm³/mol. The molecule has 1 fully saturated rings. The van der Waals surface area contributed by atoms with Crippen LogP contribution in [0.5, 0.6) is 5.75 Å². The first kappa shape index (κ1) is 24.0. The Kier molecular flexibility index (Phi) is 6.61. The molecule has 11 heteroatoms. The number of nitrogens with one attached hydrogen (secondary N) is 2. The zero-order valence-electron chi connectivity index (χ0n) is 19.2. The largest absolute Gasteiger partial charge is 0.497 e. The van der Waals surface area contributed by atoms with Crippen LogP contribution in [0, 0.1) is 0 Å². The Labute approximate surface area is 204 Å². The molecule has 3 heterocycles. The van der Waals surface area contributed by atoms with Crippen LogP contribution in [0.25, 0.3) is 11.3 Å². The van der Waals surface area contributed by atoms with Gasteiger partial charge >= 0.3 is 12.0 Å². The van der Waals surface area contributed by atoms with Gasteiger partial charge in [-0.25, -0.2) is 9.59 Å². The minimum Gasteiger partial charge on any atom is -0.497 e. The van der Waals surface area contributed by atoms with Gasteiger partial charge in [-0.05, 0) is 43.7 Å². The van der Waals surface area contributed by atoms with Crippen LogP contribution in [0.1, 0.15) is 29.8 Å². The fraction of sp³-hybridized carbons (Fsp3) is 0.250. The highest BCUT2D eigenvalue weighted by Gasteiger charge is 2.49. The van der Waals surface area contributed by atoms with Gasteiger partial charge in [0.15, 0.2) is 0 Å². The fourth-order valence-electron chi connectivity index (χ4n) is 3.74. The van der Waals surface area contributed by atoms with Crippen molar-refractivity contribution in [3.63, 3.8) is 0 Å². The smallest absolute Gasteiger partial charge is 0.341 e. The van der Waals surface area contributed by atoms with Gasteiger partial charge in [0.25, 0.3) is 5.91 Å². The van der Waals surface area contributed by atoms with Gasteiger partial charge in [-0.2, -0.15) is 0 Å². The molecule has 3 aromatic rings. The number of benzene rings is 1. The highest BCUT2D eigenvalue weighted by atomic mass is 32.1. The maximum atomic E-state index is 13.1. The molecular formula is C24H23N3O7S. The van der Waals surface area contributed by atoms with E-state index in [4.69, 9.17) is 13.9 Å². The summed E-state index contributed by atoms with van der Waals surface area (Å²) < 4.78 is 15.7. The summed E-state index contributed by atoms with van der Waals surface area (Å²) >= 11 is 1.11. The molecule has 0 bridgehead atoms. The highest BCUT2D eigenvalue weighted by molar-refractivity contribution is 7.15. The number of carbonyl (C=O) groups is 4. The predicted octanol–water partition coefficient (Wildman–Crippen LogP) is 3.60. The number of anilines is 1. The van der Waals surface area contributed by atoms with Crippen molar-refractivity contribution < 1.29 is 33.1 Å². The first-order valence-corrected chi connectivity index (χ1v) is 11.6. The standard InChI is InChI=1S/C24H23N3O7S/c1-4-33-21(29)19-16(17-6-5-11-34-17)13-35-20(19)25-18(28)12-27-22(30)24(2,26-23(27)31)14-7-9-15(32-3)10-8-14/h5-11,13H,4,12H2,1-3H3,(H,25,28)(H,26,31)/t24-/m1/s1. The number of thiophene rings is 1. The molecule has 10 nitrogen and oxygen atoms in total. The number of amides is 4. The van der Waals surface area contributed by atoms with Gasteiger partial charge in [0.05, 0.1) is 20.0 Å². The lowest BCUT2D eigenvalue weighted by Gasteiger charge is -2.22. The van der Waals surface area contributed by atoms with Crippen molar-refractivity contribution in [2.75, 3.05) is 25.6 Å². The van der Waals surface area contributed by atoms with E-state index < -0.39 is 35.9 Å². The number of hydrogen-bond donors (Lipinski definition) is 2. The average molecular weight is 498 g/mol. The van der Waals surface area contributed by atoms with Crippen LogP contribution in [0.15, 0.2) is 52.5 Å². The molecule has 35 heavy (non-hydrogen) atoms. The third kappa shape index (κ3) is 4.50. The van der Waals surface area contributed by atoms with Crippen molar-refractivity contribution >= 4 is 40.2 Å². The van der Waals surface area contributed by atoms with Crippen molar-refractivity contribution in [1.29, 1.82) is 0 Å². The second-order valence-corrected chi connectivity index (χ2v) is 8.65. The van der Waals surface area contributed by atoms with Crippen molar-refractivity contribution in [1.82, 2.24) is 10.2 Å². The number of furan rings is 1. The number of urea groups is 1. The molecule has 4 rings (SSSR count). The first-order chi connectivity index (χ1) is 16.8. The van der Waals surface area contributed by atoms with Gasteiger partial charge in [0, 0.05) is 10.9 Å². The zero-order chi connectivity index (χ0) is 25.2. The molecule has 0 saturated carbocycles. The SMILES string of the molecule is CCOC(=O)c1c(-c2ccco2)csc1NC(=O)CN1C(=O)N[C@](C)(c2ccc(OC)cc2)C1=O. The summed E-state index contributed by atoms with van der Waals surface area (Å²) in [5, 5.41) is 7.17. The van der Waals surface area contributed by atoms with Crippen molar-refractivity contribution in [2.24, 2.45) is 0 Å². The molecule has 2 aromatic heterocycles. The van der Waals surface area contributed by atoms with E-state index in [2.05, 4.69) is 10.6 Å². The molecular weight excluding hydrogens is 474 g/mol. The van der Waals surface area contributed by atoms with E-state index in [1.165, 1.54) is 13.4 Å². The van der Waals surface area contributed by atoms with Gasteiger partial charge in [-0.1, -0.05) is 12.1 Å². The van der Waals surface area contributed by atoms with E-state index in [1.807, 2.05) is 0 Å². The normalized spacial score (nSPS) is 17.3. The monoisotopic (exact) mass is 497 g/mol. The van der Waals surface area contributed by atoms with E-state index in [-0.39, 0.29) is 17.2 Å². The topological polar surface area (TPSA) is 127 Å². The molecule has 2 N–H and O–H groups in total. The molecule has 182 valence electrons. The Bertz CT molecular complexity index is 1270. The third-order valence-electron chi connectivity index (χ3n) is 5.55. The first-order valence-electron chi connectivity index (χ1n) is 10.7. The van der Waals surface area contributed by atoms with Crippen LogP contribution in [-0.2, 0) is 19.9 Å². The van der Waals surface area contributed by atoms with Crippen LogP contribution in [-0.4, -0.2) is 49.0 Å². The van der Waals surface area contributed by atoms with Gasteiger partial charge in [-0.15, -0.1) is 11.3 Å². The molecule has 0 radical (unpaired) electrons. The lowest BCUT2D eigenvalue weighted by molar-refractivity contribution is -0.133.